The summed E-state index contributed by atoms with van der Waals surface area (Å²) in [5, 5.41) is 26.7. The van der Waals surface area contributed by atoms with Gasteiger partial charge in [0.25, 0.3) is 21.6 Å². The molecule has 1 amide bonds. The van der Waals surface area contributed by atoms with Gasteiger partial charge in [-0.15, -0.1) is 0 Å². The fourth-order valence-corrected chi connectivity index (χ4v) is 13.1. The summed E-state index contributed by atoms with van der Waals surface area (Å²) < 4.78 is 42.9. The Morgan fingerprint density at radius 2 is 1.76 bits per heavy atom. The molecule has 5 aromatic rings. The van der Waals surface area contributed by atoms with Gasteiger partial charge in [-0.2, -0.15) is 4.98 Å². The van der Waals surface area contributed by atoms with E-state index in [9.17, 15) is 28.4 Å². The van der Waals surface area contributed by atoms with Crippen LogP contribution in [-0.2, 0) is 14.8 Å². The number of fused-ring (bicyclic) bond motifs is 3. The number of carbonyl (C=O) groups excluding carboxylic acids is 1. The van der Waals surface area contributed by atoms with Crippen molar-refractivity contribution in [3.63, 3.8) is 0 Å². The van der Waals surface area contributed by atoms with E-state index in [4.69, 9.17) is 14.5 Å². The lowest BCUT2D eigenvalue weighted by Crippen LogP contribution is -2.55. The van der Waals surface area contributed by atoms with Crippen LogP contribution in [0, 0.1) is 28.4 Å². The first kappa shape index (κ1) is 44.7. The fourth-order valence-electron chi connectivity index (χ4n) is 12.1. The van der Waals surface area contributed by atoms with Gasteiger partial charge in [-0.25, -0.2) is 13.1 Å². The van der Waals surface area contributed by atoms with E-state index in [0.29, 0.717) is 73.0 Å². The molecule has 0 radical (unpaired) electrons. The quantitative estimate of drug-likeness (QED) is 0.0733. The molecule has 6 heterocycles. The summed E-state index contributed by atoms with van der Waals surface area (Å²) in [6, 6.07) is 22.6. The van der Waals surface area contributed by atoms with Crippen molar-refractivity contribution in [1.29, 1.82) is 0 Å². The van der Waals surface area contributed by atoms with Crippen LogP contribution in [0.1, 0.15) is 98.7 Å². The van der Waals surface area contributed by atoms with Gasteiger partial charge < -0.3 is 34.7 Å². The first-order valence-electron chi connectivity index (χ1n) is 24.3. The molecular weight excluding hydrogens is 885 g/mol. The van der Waals surface area contributed by atoms with E-state index in [1.807, 2.05) is 36.1 Å². The van der Waals surface area contributed by atoms with Crippen molar-refractivity contribution in [3.8, 4) is 5.88 Å². The number of aryl methyl sites for hydroxylation is 1. The first-order valence-corrected chi connectivity index (χ1v) is 25.8. The summed E-state index contributed by atoms with van der Waals surface area (Å²) in [4.78, 5) is 41.0. The minimum atomic E-state index is -4.61. The number of likely N-dealkylation sites (tertiary alicyclic amines) is 1. The van der Waals surface area contributed by atoms with Crippen molar-refractivity contribution < 1.29 is 32.7 Å². The largest absolute Gasteiger partial charge is 0.468 e. The predicted octanol–water partition coefficient (Wildman–Crippen LogP) is 8.14. The molecule has 3 atom stereocenters. The molecule has 2 aliphatic carbocycles. The number of nitro groups is 1. The fraction of sp³-hybridized carbons (Fsp3) is 0.490. The summed E-state index contributed by atoms with van der Waals surface area (Å²) in [6.45, 7) is 7.94. The van der Waals surface area contributed by atoms with E-state index in [-0.39, 0.29) is 23.2 Å². The van der Waals surface area contributed by atoms with Gasteiger partial charge in [0.1, 0.15) is 23.1 Å². The second-order valence-corrected chi connectivity index (χ2v) is 22.2. The van der Waals surface area contributed by atoms with E-state index in [1.165, 1.54) is 48.9 Å². The standard InChI is InChI=1S/C51H60N8O8S/c1-32-6-3-4-7-38(32)41-8-5-21-57(41)36-27-51(28-36)18-22-56(23-19-51)35-9-11-39(42(25-35)58-44-24-34-15-20-52-47(34)54-49(44)67-46-31-66-30-45(46)58)48(60)55-68(64,65)37-10-12-40(43(26-37)59(62)63)53-29-33-13-16-50(2,61)17-14-33/h3-4,6-7,9-12,15,20,24-26,33,36,41,45-46,53,61H,5,8,13-14,16-19,21-23,27-31H2,1-2H3,(H,52,54)(H,55,60)/t33-,41-,45-,46-,50+/m0/s1. The Balaban J connectivity index is 0.861. The summed E-state index contributed by atoms with van der Waals surface area (Å²) in [6.07, 6.45) is 11.1. The van der Waals surface area contributed by atoms with Crippen molar-refractivity contribution in [3.05, 3.63) is 106 Å². The second kappa shape index (κ2) is 17.3. The minimum Gasteiger partial charge on any atom is -0.468 e. The molecule has 3 saturated heterocycles. The summed E-state index contributed by atoms with van der Waals surface area (Å²) in [5.74, 6) is -0.310. The van der Waals surface area contributed by atoms with Crippen LogP contribution in [0.4, 0.5) is 28.4 Å². The third kappa shape index (κ3) is 8.34. The summed E-state index contributed by atoms with van der Waals surface area (Å²) in [5.41, 5.74) is 4.95. The molecule has 0 bridgehead atoms. The van der Waals surface area contributed by atoms with Crippen LogP contribution in [0.2, 0.25) is 0 Å². The second-order valence-electron chi connectivity index (χ2n) is 20.6. The monoisotopic (exact) mass is 944 g/mol. The van der Waals surface area contributed by atoms with Crippen molar-refractivity contribution in [2.45, 2.75) is 113 Å². The van der Waals surface area contributed by atoms with E-state index in [1.54, 1.807) is 12.3 Å². The Kier molecular flexibility index (Phi) is 11.4. The number of aromatic nitrogens is 2. The molecule has 5 fully saturated rings. The van der Waals surface area contributed by atoms with Crippen molar-refractivity contribution in [1.82, 2.24) is 19.6 Å². The maximum atomic E-state index is 14.6. The number of hydrogen-bond donors (Lipinski definition) is 4. The van der Waals surface area contributed by atoms with Gasteiger partial charge in [0.2, 0.25) is 5.88 Å². The van der Waals surface area contributed by atoms with Crippen LogP contribution in [-0.4, -0.2) is 102 Å². The number of amides is 1. The van der Waals surface area contributed by atoms with Gasteiger partial charge in [-0.1, -0.05) is 24.3 Å². The molecule has 358 valence electrons. The van der Waals surface area contributed by atoms with Crippen molar-refractivity contribution in [2.75, 3.05) is 54.5 Å². The number of hydrogen-bond acceptors (Lipinski definition) is 13. The molecule has 2 aromatic heterocycles. The van der Waals surface area contributed by atoms with Crippen LogP contribution >= 0.6 is 0 Å². The van der Waals surface area contributed by atoms with Crippen molar-refractivity contribution >= 4 is 55.4 Å². The number of carbonyl (C=O) groups is 1. The van der Waals surface area contributed by atoms with E-state index in [2.05, 4.69) is 56.0 Å². The Labute approximate surface area is 396 Å². The minimum absolute atomic E-state index is 0.105. The Morgan fingerprint density at radius 3 is 2.54 bits per heavy atom. The van der Waals surface area contributed by atoms with Gasteiger partial charge in [-0.05, 0) is 150 Å². The molecule has 17 heteroatoms. The van der Waals surface area contributed by atoms with Crippen molar-refractivity contribution in [2.24, 2.45) is 11.3 Å². The zero-order chi connectivity index (χ0) is 47.0. The van der Waals surface area contributed by atoms with Crippen LogP contribution in [0.5, 0.6) is 5.88 Å². The van der Waals surface area contributed by atoms with Gasteiger partial charge in [0, 0.05) is 55.1 Å². The number of nitrogens with one attached hydrogen (secondary N) is 3. The van der Waals surface area contributed by atoms with Crippen LogP contribution < -0.4 is 24.6 Å². The van der Waals surface area contributed by atoms with Crippen LogP contribution in [0.15, 0.2) is 83.9 Å². The highest BCUT2D eigenvalue weighted by atomic mass is 32.2. The summed E-state index contributed by atoms with van der Waals surface area (Å²) >= 11 is 0. The SMILES string of the molecule is Cc1ccccc1[C@@H]1CCCN1C1CC2(CCN(c3ccc(C(=O)NS(=O)(=O)c4ccc(NC[C@H]5CC[C@@](C)(O)CC5)c([N+](=O)[O-])c4)c(N4c5cc6cc[nH]c6nc5O[C@H]5COC[C@@H]54)c3)CC2)C1. The summed E-state index contributed by atoms with van der Waals surface area (Å²) in [7, 11) is -4.61. The molecule has 0 unspecified atom stereocenters. The third-order valence-corrected chi connectivity index (χ3v) is 17.5. The Hall–Kier alpha value is -5.75. The average molecular weight is 945 g/mol. The number of nitrogens with zero attached hydrogens (tertiary/aromatic N) is 5. The number of benzene rings is 3. The van der Waals surface area contributed by atoms with Gasteiger partial charge in [0.05, 0.1) is 45.9 Å². The maximum Gasteiger partial charge on any atom is 0.293 e. The van der Waals surface area contributed by atoms with Gasteiger partial charge in [-0.3, -0.25) is 19.8 Å². The van der Waals surface area contributed by atoms with Gasteiger partial charge in [0.15, 0.2) is 0 Å². The molecule has 11 rings (SSSR count). The lowest BCUT2D eigenvalue weighted by molar-refractivity contribution is -0.384. The molecule has 3 aromatic carbocycles. The molecule has 2 saturated carbocycles. The smallest absolute Gasteiger partial charge is 0.293 e. The third-order valence-electron chi connectivity index (χ3n) is 16.1. The Morgan fingerprint density at radius 1 is 0.971 bits per heavy atom. The topological polar surface area (TPSA) is 196 Å². The highest BCUT2D eigenvalue weighted by molar-refractivity contribution is 7.90. The number of rotatable bonds is 11. The normalized spacial score (nSPS) is 26.0. The van der Waals surface area contributed by atoms with Crippen LogP contribution in [0.25, 0.3) is 11.0 Å². The number of nitro benzene ring substituents is 1. The average Bonchev–Trinajstić information content (AvgIpc) is 4.11. The molecule has 4 aliphatic heterocycles. The zero-order valence-corrected chi connectivity index (χ0v) is 39.5. The molecule has 1 spiro atoms. The van der Waals surface area contributed by atoms with Gasteiger partial charge >= 0.3 is 0 Å². The first-order chi connectivity index (χ1) is 32.7. The van der Waals surface area contributed by atoms with E-state index >= 15 is 0 Å². The highest BCUT2D eigenvalue weighted by Gasteiger charge is 2.50. The number of pyridine rings is 1. The maximum absolute atomic E-state index is 14.6. The zero-order valence-electron chi connectivity index (χ0n) is 38.7. The lowest BCUT2D eigenvalue weighted by atomic mass is 9.59. The lowest BCUT2D eigenvalue weighted by Gasteiger charge is -2.56. The highest BCUT2D eigenvalue weighted by Crippen LogP contribution is 2.54. The van der Waals surface area contributed by atoms with E-state index in [0.717, 1.165) is 62.5 Å². The number of aromatic amines is 1. The number of sulfonamides is 1. The predicted molar refractivity (Wildman–Crippen MR) is 259 cm³/mol. The number of piperidine rings is 1. The number of aliphatic hydroxyl groups is 1. The molecule has 6 aliphatic rings. The number of H-pyrrole nitrogens is 1. The molecular formula is C51H60N8O8S. The molecule has 16 nitrogen and oxygen atoms in total. The molecule has 4 N–H and O–H groups in total. The van der Waals surface area contributed by atoms with Crippen LogP contribution in [0.3, 0.4) is 0 Å². The van der Waals surface area contributed by atoms with E-state index < -0.39 is 43.1 Å². The number of ether oxygens (including phenoxy) is 2. The Bertz CT molecular complexity index is 2860. The number of anilines is 4. The molecule has 68 heavy (non-hydrogen) atoms.